The number of amides is 3. The van der Waals surface area contributed by atoms with Gasteiger partial charge in [0, 0.05) is 15.6 Å². The van der Waals surface area contributed by atoms with Crippen molar-refractivity contribution in [2.45, 2.75) is 24.7 Å². The highest BCUT2D eigenvalue weighted by Crippen LogP contribution is 2.38. The van der Waals surface area contributed by atoms with Crippen molar-refractivity contribution in [3.63, 3.8) is 0 Å². The molecule has 5 nitrogen and oxygen atoms in total. The lowest BCUT2D eigenvalue weighted by atomic mass is 9.85. The number of nitrogens with zero attached hydrogens (tertiary/aromatic N) is 1. The Morgan fingerprint density at radius 1 is 1.07 bits per heavy atom. The number of imide groups is 1. The standard InChI is InChI=1S/C23H21ClN2O3S/c1-14-6-7-15(12-20(14)24)25-21(27)13-30-17-10-8-16(9-11-17)26-22(28)18-4-2-3-5-19(18)23(26)29/h2-3,6-12,18-19H,4-5,13H2,1H3,(H,25,27)/t18-,19-/m0/s1. The number of hydrogen-bond donors (Lipinski definition) is 1. The van der Waals surface area contributed by atoms with Gasteiger partial charge in [-0.1, -0.05) is 29.8 Å². The first-order valence-corrected chi connectivity index (χ1v) is 11.1. The van der Waals surface area contributed by atoms with Gasteiger partial charge in [0.25, 0.3) is 0 Å². The SMILES string of the molecule is Cc1ccc(NC(=O)CSc2ccc(N3C(=O)[C@H]4CC=CC[C@@H]4C3=O)cc2)cc1Cl. The Bertz CT molecular complexity index is 1010. The average molecular weight is 441 g/mol. The molecule has 0 spiro atoms. The molecule has 0 aromatic heterocycles. The molecule has 1 aliphatic heterocycles. The van der Waals surface area contributed by atoms with Gasteiger partial charge in [-0.25, -0.2) is 0 Å². The normalized spacial score (nSPS) is 20.4. The van der Waals surface area contributed by atoms with Crippen molar-refractivity contribution >= 4 is 52.5 Å². The van der Waals surface area contributed by atoms with E-state index in [1.54, 1.807) is 18.2 Å². The molecule has 2 atom stereocenters. The quantitative estimate of drug-likeness (QED) is 0.410. The maximum absolute atomic E-state index is 12.7. The zero-order valence-electron chi connectivity index (χ0n) is 16.4. The van der Waals surface area contributed by atoms with Crippen LogP contribution in [-0.2, 0) is 14.4 Å². The van der Waals surface area contributed by atoms with Crippen molar-refractivity contribution in [3.8, 4) is 0 Å². The first kappa shape index (κ1) is 20.7. The molecule has 1 heterocycles. The summed E-state index contributed by atoms with van der Waals surface area (Å²) in [6.07, 6.45) is 5.21. The van der Waals surface area contributed by atoms with Crippen LogP contribution < -0.4 is 10.2 Å². The number of anilines is 2. The summed E-state index contributed by atoms with van der Waals surface area (Å²) in [5, 5.41) is 3.44. The lowest BCUT2D eigenvalue weighted by Crippen LogP contribution is -2.30. The van der Waals surface area contributed by atoms with Gasteiger partial charge in [-0.05, 0) is 61.7 Å². The fourth-order valence-electron chi connectivity index (χ4n) is 3.76. The highest BCUT2D eigenvalue weighted by Gasteiger charge is 2.47. The number of nitrogens with one attached hydrogen (secondary N) is 1. The van der Waals surface area contributed by atoms with Gasteiger partial charge in [-0.2, -0.15) is 0 Å². The number of carbonyl (C=O) groups is 3. The predicted octanol–water partition coefficient (Wildman–Crippen LogP) is 4.83. The second-order valence-electron chi connectivity index (χ2n) is 7.46. The zero-order chi connectivity index (χ0) is 21.3. The number of fused-ring (bicyclic) bond motifs is 1. The molecule has 7 heteroatoms. The summed E-state index contributed by atoms with van der Waals surface area (Å²) < 4.78 is 0. The lowest BCUT2D eigenvalue weighted by molar-refractivity contribution is -0.122. The van der Waals surface area contributed by atoms with Gasteiger partial charge >= 0.3 is 0 Å². The van der Waals surface area contributed by atoms with Crippen molar-refractivity contribution in [2.75, 3.05) is 16.0 Å². The molecule has 1 saturated heterocycles. The van der Waals surface area contributed by atoms with Crippen LogP contribution in [0.5, 0.6) is 0 Å². The van der Waals surface area contributed by atoms with Crippen molar-refractivity contribution < 1.29 is 14.4 Å². The predicted molar refractivity (Wildman–Crippen MR) is 120 cm³/mol. The summed E-state index contributed by atoms with van der Waals surface area (Å²) in [5.41, 5.74) is 2.20. The second-order valence-corrected chi connectivity index (χ2v) is 8.92. The molecule has 1 N–H and O–H groups in total. The van der Waals surface area contributed by atoms with Crippen LogP contribution in [0.15, 0.2) is 59.5 Å². The molecule has 0 saturated carbocycles. The highest BCUT2D eigenvalue weighted by atomic mass is 35.5. The molecule has 154 valence electrons. The summed E-state index contributed by atoms with van der Waals surface area (Å²) in [7, 11) is 0. The molecule has 2 aromatic rings. The molecule has 4 rings (SSSR count). The molecule has 2 aliphatic rings. The van der Waals surface area contributed by atoms with Crippen LogP contribution in [0.3, 0.4) is 0 Å². The maximum Gasteiger partial charge on any atom is 0.238 e. The minimum Gasteiger partial charge on any atom is -0.325 e. The largest absolute Gasteiger partial charge is 0.325 e. The van der Waals surface area contributed by atoms with E-state index in [2.05, 4.69) is 5.32 Å². The van der Waals surface area contributed by atoms with Gasteiger partial charge in [0.2, 0.25) is 17.7 Å². The van der Waals surface area contributed by atoms with E-state index in [1.165, 1.54) is 16.7 Å². The number of thioether (sulfide) groups is 1. The summed E-state index contributed by atoms with van der Waals surface area (Å²) in [6.45, 7) is 1.90. The smallest absolute Gasteiger partial charge is 0.238 e. The fraction of sp³-hybridized carbons (Fsp3) is 0.261. The van der Waals surface area contributed by atoms with E-state index in [1.807, 2.05) is 43.3 Å². The van der Waals surface area contributed by atoms with Crippen LogP contribution in [0, 0.1) is 18.8 Å². The van der Waals surface area contributed by atoms with E-state index in [-0.39, 0.29) is 35.3 Å². The van der Waals surface area contributed by atoms with E-state index < -0.39 is 0 Å². The number of allylic oxidation sites excluding steroid dienone is 2. The molecule has 2 aromatic carbocycles. The van der Waals surface area contributed by atoms with Crippen molar-refractivity contribution in [1.29, 1.82) is 0 Å². The fourth-order valence-corrected chi connectivity index (χ4v) is 4.64. The van der Waals surface area contributed by atoms with Crippen LogP contribution in [0.1, 0.15) is 18.4 Å². The molecular formula is C23H21ClN2O3S. The van der Waals surface area contributed by atoms with E-state index in [0.717, 1.165) is 10.5 Å². The van der Waals surface area contributed by atoms with Gasteiger partial charge in [-0.3, -0.25) is 19.3 Å². The zero-order valence-corrected chi connectivity index (χ0v) is 18.0. The Morgan fingerprint density at radius 3 is 2.30 bits per heavy atom. The van der Waals surface area contributed by atoms with Crippen molar-refractivity contribution in [3.05, 3.63) is 65.2 Å². The molecule has 3 amide bonds. The maximum atomic E-state index is 12.7. The number of halogens is 1. The topological polar surface area (TPSA) is 66.5 Å². The first-order chi connectivity index (χ1) is 14.4. The molecule has 1 fully saturated rings. The van der Waals surface area contributed by atoms with Gasteiger partial charge in [0.05, 0.1) is 23.3 Å². The third kappa shape index (κ3) is 4.16. The van der Waals surface area contributed by atoms with Gasteiger partial charge in [0.15, 0.2) is 0 Å². The van der Waals surface area contributed by atoms with E-state index in [9.17, 15) is 14.4 Å². The van der Waals surface area contributed by atoms with Gasteiger partial charge < -0.3 is 5.32 Å². The van der Waals surface area contributed by atoms with Gasteiger partial charge in [0.1, 0.15) is 0 Å². The molecular weight excluding hydrogens is 420 g/mol. The first-order valence-electron chi connectivity index (χ1n) is 9.75. The van der Waals surface area contributed by atoms with Crippen LogP contribution in [0.4, 0.5) is 11.4 Å². The lowest BCUT2D eigenvalue weighted by Gasteiger charge is -2.15. The molecule has 0 unspecified atom stereocenters. The Labute approximate surface area is 184 Å². The molecule has 1 aliphatic carbocycles. The Morgan fingerprint density at radius 2 is 1.70 bits per heavy atom. The second kappa shape index (κ2) is 8.66. The molecule has 30 heavy (non-hydrogen) atoms. The minimum atomic E-state index is -0.240. The Balaban J connectivity index is 1.36. The monoisotopic (exact) mass is 440 g/mol. The average Bonchev–Trinajstić information content (AvgIpc) is 3.00. The molecule has 0 bridgehead atoms. The summed E-state index contributed by atoms with van der Waals surface area (Å²) >= 11 is 7.47. The highest BCUT2D eigenvalue weighted by molar-refractivity contribution is 8.00. The number of benzene rings is 2. The third-order valence-electron chi connectivity index (χ3n) is 5.43. The van der Waals surface area contributed by atoms with Crippen molar-refractivity contribution in [1.82, 2.24) is 0 Å². The molecule has 0 radical (unpaired) electrons. The van der Waals surface area contributed by atoms with E-state index >= 15 is 0 Å². The van der Waals surface area contributed by atoms with Crippen LogP contribution >= 0.6 is 23.4 Å². The number of hydrogen-bond acceptors (Lipinski definition) is 4. The van der Waals surface area contributed by atoms with E-state index in [4.69, 9.17) is 11.6 Å². The Hall–Kier alpha value is -2.57. The third-order valence-corrected chi connectivity index (χ3v) is 6.85. The van der Waals surface area contributed by atoms with Crippen molar-refractivity contribution in [2.24, 2.45) is 11.8 Å². The number of rotatable bonds is 5. The number of aryl methyl sites for hydroxylation is 1. The van der Waals surface area contributed by atoms with Gasteiger partial charge in [-0.15, -0.1) is 11.8 Å². The van der Waals surface area contributed by atoms with Crippen LogP contribution in [0.25, 0.3) is 0 Å². The Kier molecular flexibility index (Phi) is 5.97. The summed E-state index contributed by atoms with van der Waals surface area (Å²) in [4.78, 5) is 39.7. The number of carbonyl (C=O) groups excluding carboxylic acids is 3. The minimum absolute atomic E-state index is 0.120. The van der Waals surface area contributed by atoms with E-state index in [0.29, 0.717) is 29.2 Å². The summed E-state index contributed by atoms with van der Waals surface area (Å²) in [6, 6.07) is 12.6. The van der Waals surface area contributed by atoms with Crippen LogP contribution in [0.2, 0.25) is 5.02 Å². The summed E-state index contributed by atoms with van der Waals surface area (Å²) in [5.74, 6) is -0.615. The van der Waals surface area contributed by atoms with Crippen LogP contribution in [-0.4, -0.2) is 23.5 Å².